The number of para-hydroxylation sites is 1. The van der Waals surface area contributed by atoms with Crippen LogP contribution in [0.3, 0.4) is 0 Å². The van der Waals surface area contributed by atoms with Gasteiger partial charge < -0.3 is 4.90 Å². The van der Waals surface area contributed by atoms with Gasteiger partial charge >= 0.3 is 6.18 Å². The van der Waals surface area contributed by atoms with Gasteiger partial charge in [0.15, 0.2) is 9.84 Å². The van der Waals surface area contributed by atoms with Crippen LogP contribution in [0.2, 0.25) is 0 Å². The van der Waals surface area contributed by atoms with Gasteiger partial charge in [-0.05, 0) is 38.1 Å². The largest absolute Gasteiger partial charge is 0.417 e. The number of rotatable bonds is 3. The highest BCUT2D eigenvalue weighted by atomic mass is 35.5. The van der Waals surface area contributed by atoms with Gasteiger partial charge in [-0.15, -0.1) is 0 Å². The highest BCUT2D eigenvalue weighted by molar-refractivity contribution is 7.92. The zero-order valence-corrected chi connectivity index (χ0v) is 14.0. The number of hydrogen-bond acceptors (Lipinski definition) is 3. The minimum atomic E-state index is -4.54. The zero-order valence-electron chi connectivity index (χ0n) is 12.4. The lowest BCUT2D eigenvalue weighted by atomic mass is 10.1. The van der Waals surface area contributed by atoms with Crippen molar-refractivity contribution >= 4 is 27.1 Å². The van der Waals surface area contributed by atoms with E-state index in [1.54, 1.807) is 6.07 Å². The van der Waals surface area contributed by atoms with Crippen LogP contribution in [0, 0.1) is 0 Å². The van der Waals surface area contributed by atoms with Crippen molar-refractivity contribution in [1.82, 2.24) is 0 Å². The highest BCUT2D eigenvalue weighted by Gasteiger charge is 2.36. The molecule has 0 bridgehead atoms. The van der Waals surface area contributed by atoms with Crippen LogP contribution in [-0.4, -0.2) is 25.3 Å². The maximum Gasteiger partial charge on any atom is 0.417 e. The highest BCUT2D eigenvalue weighted by Crippen LogP contribution is 2.36. The third-order valence-electron chi connectivity index (χ3n) is 3.38. The number of allylic oxidation sites excluding steroid dienone is 2. The molecule has 0 aliphatic carbocycles. The Morgan fingerprint density at radius 3 is 2.39 bits per heavy atom. The van der Waals surface area contributed by atoms with Crippen molar-refractivity contribution < 1.29 is 21.6 Å². The third-order valence-corrected chi connectivity index (χ3v) is 5.93. The molecule has 23 heavy (non-hydrogen) atoms. The molecule has 0 saturated heterocycles. The molecule has 1 aliphatic rings. The Labute approximate surface area is 138 Å². The van der Waals surface area contributed by atoms with Gasteiger partial charge in [0.1, 0.15) is 5.50 Å². The smallest absolute Gasteiger partial charge is 0.326 e. The molecule has 1 heterocycles. The Bertz CT molecular complexity index is 754. The van der Waals surface area contributed by atoms with Gasteiger partial charge in [0, 0.05) is 6.20 Å². The minimum absolute atomic E-state index is 0.0475. The summed E-state index contributed by atoms with van der Waals surface area (Å²) in [5, 5.41) is -0.705. The number of anilines is 1. The van der Waals surface area contributed by atoms with Crippen molar-refractivity contribution in [3.8, 4) is 0 Å². The average molecular weight is 366 g/mol. The summed E-state index contributed by atoms with van der Waals surface area (Å²) in [6.07, 6.45) is -1.67. The summed E-state index contributed by atoms with van der Waals surface area (Å²) in [5.74, 6) is 0. The molecule has 0 amide bonds. The second-order valence-electron chi connectivity index (χ2n) is 5.28. The van der Waals surface area contributed by atoms with Crippen LogP contribution in [0.15, 0.2) is 53.1 Å². The molecule has 1 aliphatic heterocycles. The fourth-order valence-electron chi connectivity index (χ4n) is 2.07. The Morgan fingerprint density at radius 1 is 1.22 bits per heavy atom. The van der Waals surface area contributed by atoms with E-state index in [0.29, 0.717) is 0 Å². The van der Waals surface area contributed by atoms with Crippen LogP contribution in [0.4, 0.5) is 18.9 Å². The first-order chi connectivity index (χ1) is 10.5. The Kier molecular flexibility index (Phi) is 4.82. The van der Waals surface area contributed by atoms with Crippen molar-refractivity contribution in [3.05, 3.63) is 48.2 Å². The van der Waals surface area contributed by atoms with Crippen molar-refractivity contribution in [1.29, 1.82) is 0 Å². The Balaban J connectivity index is 2.59. The summed E-state index contributed by atoms with van der Waals surface area (Å²) in [7, 11) is -3.67. The van der Waals surface area contributed by atoms with Crippen LogP contribution in [0.25, 0.3) is 0 Å². The Morgan fingerprint density at radius 2 is 1.83 bits per heavy atom. The predicted molar refractivity (Wildman–Crippen MR) is 84.2 cm³/mol. The molecule has 0 aromatic heterocycles. The molecule has 1 atom stereocenters. The summed E-state index contributed by atoms with van der Waals surface area (Å²) in [4.78, 5) is 1.06. The first kappa shape index (κ1) is 17.9. The van der Waals surface area contributed by atoms with Crippen LogP contribution >= 0.6 is 11.6 Å². The van der Waals surface area contributed by atoms with Crippen molar-refractivity contribution in [2.75, 3.05) is 4.90 Å². The molecular formula is C15H15ClF3NO2S. The van der Waals surface area contributed by atoms with Crippen molar-refractivity contribution in [2.45, 2.75) is 35.7 Å². The molecule has 0 N–H and O–H groups in total. The summed E-state index contributed by atoms with van der Waals surface area (Å²) in [6.45, 7) is 3.02. The lowest BCUT2D eigenvalue weighted by Crippen LogP contribution is -2.31. The minimum Gasteiger partial charge on any atom is -0.326 e. The van der Waals surface area contributed by atoms with Gasteiger partial charge in [0.25, 0.3) is 0 Å². The topological polar surface area (TPSA) is 37.4 Å². The second kappa shape index (κ2) is 6.20. The van der Waals surface area contributed by atoms with Crippen LogP contribution in [0.5, 0.6) is 0 Å². The molecule has 1 aromatic rings. The van der Waals surface area contributed by atoms with Gasteiger partial charge in [-0.2, -0.15) is 13.2 Å². The number of hydrogen-bond donors (Lipinski definition) is 0. The van der Waals surface area contributed by atoms with Crippen LogP contribution < -0.4 is 4.90 Å². The number of alkyl halides is 4. The van der Waals surface area contributed by atoms with Gasteiger partial charge in [-0.1, -0.05) is 23.7 Å². The van der Waals surface area contributed by atoms with E-state index in [4.69, 9.17) is 11.6 Å². The van der Waals surface area contributed by atoms with Gasteiger partial charge in [0.05, 0.1) is 21.4 Å². The summed E-state index contributed by atoms with van der Waals surface area (Å²) in [6, 6.07) is 5.88. The van der Waals surface area contributed by atoms with E-state index in [1.165, 1.54) is 38.1 Å². The second-order valence-corrected chi connectivity index (χ2v) is 8.20. The van der Waals surface area contributed by atoms with E-state index in [-0.39, 0.29) is 10.6 Å². The number of nitrogens with zero attached hydrogens (tertiary/aromatic N) is 1. The lowest BCUT2D eigenvalue weighted by Gasteiger charge is -2.30. The fourth-order valence-corrected chi connectivity index (χ4v) is 3.55. The van der Waals surface area contributed by atoms with E-state index in [0.717, 1.165) is 17.2 Å². The molecule has 0 saturated carbocycles. The van der Waals surface area contributed by atoms with Crippen LogP contribution in [-0.2, 0) is 9.84 Å². The molecule has 1 unspecified atom stereocenters. The SMILES string of the molecule is CC(C)S(=O)(=O)c1ccccc1N1C=C(C(F)(F)F)C=CC1Cl. The molecule has 2 rings (SSSR count). The Hall–Kier alpha value is -1.47. The van der Waals surface area contributed by atoms with Crippen molar-refractivity contribution in [3.63, 3.8) is 0 Å². The summed E-state index contributed by atoms with van der Waals surface area (Å²) >= 11 is 6.07. The van der Waals surface area contributed by atoms with Gasteiger partial charge in [-0.25, -0.2) is 8.42 Å². The predicted octanol–water partition coefficient (Wildman–Crippen LogP) is 4.26. The van der Waals surface area contributed by atoms with E-state index in [2.05, 4.69) is 0 Å². The summed E-state index contributed by atoms with van der Waals surface area (Å²) < 4.78 is 63.6. The molecule has 126 valence electrons. The zero-order chi connectivity index (χ0) is 17.4. The maximum atomic E-state index is 12.9. The first-order valence-electron chi connectivity index (χ1n) is 6.77. The molecule has 0 fully saturated rings. The molecule has 3 nitrogen and oxygen atoms in total. The normalized spacial score (nSPS) is 19.2. The van der Waals surface area contributed by atoms with Gasteiger partial charge in [-0.3, -0.25) is 0 Å². The molecule has 0 radical (unpaired) electrons. The lowest BCUT2D eigenvalue weighted by molar-refractivity contribution is -0.0885. The molecular weight excluding hydrogens is 351 g/mol. The van der Waals surface area contributed by atoms with Crippen molar-refractivity contribution in [2.24, 2.45) is 0 Å². The fraction of sp³-hybridized carbons (Fsp3) is 0.333. The summed E-state index contributed by atoms with van der Waals surface area (Å²) in [5.41, 5.74) is -1.69. The molecule has 0 spiro atoms. The standard InChI is InChI=1S/C15H15ClF3NO2S/c1-10(2)23(21,22)13-6-4-3-5-12(13)20-9-11(15(17,18)19)7-8-14(20)16/h3-10,14H,1-2H3. The van der Waals surface area contributed by atoms with Gasteiger partial charge in [0.2, 0.25) is 0 Å². The number of halogens is 4. The number of sulfone groups is 1. The quantitative estimate of drug-likeness (QED) is 0.593. The third kappa shape index (κ3) is 3.55. The maximum absolute atomic E-state index is 12.9. The number of benzene rings is 1. The van der Waals surface area contributed by atoms with Crippen LogP contribution in [0.1, 0.15) is 13.8 Å². The van der Waals surface area contributed by atoms with E-state index < -0.39 is 32.3 Å². The van der Waals surface area contributed by atoms with E-state index in [1.807, 2.05) is 0 Å². The van der Waals surface area contributed by atoms with E-state index >= 15 is 0 Å². The monoisotopic (exact) mass is 365 g/mol. The molecule has 1 aromatic carbocycles. The first-order valence-corrected chi connectivity index (χ1v) is 8.76. The molecule has 8 heteroatoms. The average Bonchev–Trinajstić information content (AvgIpc) is 2.46. The van der Waals surface area contributed by atoms with E-state index in [9.17, 15) is 21.6 Å².